The number of aromatic nitrogens is 3. The first-order chi connectivity index (χ1) is 13.6. The molecule has 1 aromatic carbocycles. The van der Waals surface area contributed by atoms with Gasteiger partial charge in [-0.25, -0.2) is 4.98 Å². The molecule has 0 aliphatic carbocycles. The summed E-state index contributed by atoms with van der Waals surface area (Å²) >= 11 is 0. The van der Waals surface area contributed by atoms with Gasteiger partial charge in [-0.15, -0.1) is 0 Å². The Balaban J connectivity index is 1.54. The highest BCUT2D eigenvalue weighted by Crippen LogP contribution is 2.48. The number of nitrogens with zero attached hydrogens (tertiary/aromatic N) is 3. The minimum absolute atomic E-state index is 0.138. The highest BCUT2D eigenvalue weighted by Gasteiger charge is 2.57. The first-order valence-corrected chi connectivity index (χ1v) is 10.3. The van der Waals surface area contributed by atoms with E-state index in [4.69, 9.17) is 0 Å². The van der Waals surface area contributed by atoms with Crippen LogP contribution >= 0.6 is 0 Å². The number of imidazole rings is 1. The lowest BCUT2D eigenvalue weighted by Crippen LogP contribution is -2.52. The van der Waals surface area contributed by atoms with Crippen LogP contribution in [0.25, 0.3) is 10.9 Å². The van der Waals surface area contributed by atoms with E-state index in [0.717, 1.165) is 31.6 Å². The summed E-state index contributed by atoms with van der Waals surface area (Å²) in [5, 5.41) is 15.8. The number of hydrogen-bond acceptors (Lipinski definition) is 4. The number of hydrogen-bond donors (Lipinski definition) is 3. The third kappa shape index (κ3) is 2.63. The van der Waals surface area contributed by atoms with E-state index in [1.165, 1.54) is 16.6 Å². The fraction of sp³-hybridized carbons (Fsp3) is 0.500. The van der Waals surface area contributed by atoms with E-state index in [2.05, 4.69) is 69.2 Å². The summed E-state index contributed by atoms with van der Waals surface area (Å²) in [4.78, 5) is 10.3. The molecule has 4 heterocycles. The second-order valence-corrected chi connectivity index (χ2v) is 8.52. The monoisotopic (exact) mass is 379 g/mol. The summed E-state index contributed by atoms with van der Waals surface area (Å²) in [7, 11) is 2.06. The van der Waals surface area contributed by atoms with Crippen LogP contribution in [0.15, 0.2) is 43.0 Å². The highest BCUT2D eigenvalue weighted by atomic mass is 16.3. The first kappa shape index (κ1) is 17.9. The van der Waals surface area contributed by atoms with Gasteiger partial charge in [0.1, 0.15) is 0 Å². The Kier molecular flexibility index (Phi) is 4.30. The molecule has 0 amide bonds. The van der Waals surface area contributed by atoms with Crippen molar-refractivity contribution in [3.63, 3.8) is 0 Å². The predicted molar refractivity (Wildman–Crippen MR) is 110 cm³/mol. The van der Waals surface area contributed by atoms with Gasteiger partial charge in [-0.2, -0.15) is 0 Å². The summed E-state index contributed by atoms with van der Waals surface area (Å²) in [5.41, 5.74) is 3.32. The quantitative estimate of drug-likeness (QED) is 0.635. The van der Waals surface area contributed by atoms with Crippen LogP contribution in [-0.4, -0.2) is 56.3 Å². The number of para-hydroxylation sites is 1. The Hall–Kier alpha value is -2.15. The van der Waals surface area contributed by atoms with Crippen LogP contribution in [0.2, 0.25) is 0 Å². The van der Waals surface area contributed by atoms with Crippen molar-refractivity contribution < 1.29 is 5.11 Å². The number of aliphatic hydroxyl groups excluding tert-OH is 1. The average Bonchev–Trinajstić information content (AvgIpc) is 3.47. The molecule has 2 aliphatic rings. The Morgan fingerprint density at radius 1 is 1.29 bits per heavy atom. The second kappa shape index (κ2) is 6.72. The zero-order chi connectivity index (χ0) is 19.3. The van der Waals surface area contributed by atoms with Gasteiger partial charge in [-0.1, -0.05) is 25.1 Å². The van der Waals surface area contributed by atoms with E-state index in [1.54, 1.807) is 0 Å². The maximum Gasteiger partial charge on any atom is 0.0946 e. The number of fused-ring (bicyclic) bond motifs is 2. The minimum atomic E-state index is -0.325. The van der Waals surface area contributed by atoms with Crippen LogP contribution in [0.5, 0.6) is 0 Å². The van der Waals surface area contributed by atoms with Crippen molar-refractivity contribution in [1.29, 1.82) is 0 Å². The van der Waals surface area contributed by atoms with Crippen LogP contribution in [0.3, 0.4) is 0 Å². The van der Waals surface area contributed by atoms with Crippen LogP contribution in [0, 0.1) is 11.8 Å². The SMILES string of the molecule is CCN1C[C@H]2[C@@H](C1)[C@](CO)(Cc1c[nH]c3ccccc13)N[C@H]2c1cncn1C. The number of nitrogens with one attached hydrogen (secondary N) is 2. The van der Waals surface area contributed by atoms with Gasteiger partial charge in [0.05, 0.1) is 30.2 Å². The second-order valence-electron chi connectivity index (χ2n) is 8.52. The number of benzene rings is 1. The van der Waals surface area contributed by atoms with Crippen LogP contribution in [-0.2, 0) is 13.5 Å². The molecule has 6 heteroatoms. The van der Waals surface area contributed by atoms with Crippen molar-refractivity contribution in [1.82, 2.24) is 24.8 Å². The van der Waals surface area contributed by atoms with Gasteiger partial charge in [0.15, 0.2) is 0 Å². The molecular formula is C22H29N5O. The van der Waals surface area contributed by atoms with E-state index >= 15 is 0 Å². The van der Waals surface area contributed by atoms with Crippen molar-refractivity contribution in [2.45, 2.75) is 24.9 Å². The van der Waals surface area contributed by atoms with E-state index in [-0.39, 0.29) is 18.2 Å². The van der Waals surface area contributed by atoms with Gasteiger partial charge in [-0.3, -0.25) is 5.32 Å². The molecule has 2 aromatic heterocycles. The molecule has 0 saturated carbocycles. The number of rotatable bonds is 5. The summed E-state index contributed by atoms with van der Waals surface area (Å²) < 4.78 is 2.11. The topological polar surface area (TPSA) is 69.1 Å². The lowest BCUT2D eigenvalue weighted by Gasteiger charge is -2.34. The largest absolute Gasteiger partial charge is 0.394 e. The first-order valence-electron chi connectivity index (χ1n) is 10.3. The van der Waals surface area contributed by atoms with E-state index in [9.17, 15) is 5.11 Å². The van der Waals surface area contributed by atoms with Crippen molar-refractivity contribution >= 4 is 10.9 Å². The molecule has 0 radical (unpaired) electrons. The van der Waals surface area contributed by atoms with Crippen molar-refractivity contribution in [2.24, 2.45) is 18.9 Å². The Labute approximate surface area is 165 Å². The Morgan fingerprint density at radius 3 is 2.89 bits per heavy atom. The van der Waals surface area contributed by atoms with Crippen LogP contribution in [0.1, 0.15) is 24.2 Å². The molecule has 28 heavy (non-hydrogen) atoms. The maximum atomic E-state index is 10.7. The van der Waals surface area contributed by atoms with E-state index < -0.39 is 0 Å². The van der Waals surface area contributed by atoms with Gasteiger partial charge < -0.3 is 19.6 Å². The smallest absolute Gasteiger partial charge is 0.0946 e. The molecule has 148 valence electrons. The molecule has 0 spiro atoms. The number of H-pyrrole nitrogens is 1. The molecule has 2 fully saturated rings. The summed E-state index contributed by atoms with van der Waals surface area (Å²) in [6, 6.07) is 8.64. The lowest BCUT2D eigenvalue weighted by molar-refractivity contribution is 0.127. The van der Waals surface area contributed by atoms with Crippen LogP contribution in [0.4, 0.5) is 0 Å². The standard InChI is InChI=1S/C22H29N5O/c1-3-27-11-17-18(12-27)22(13-28,25-21(17)20-10-23-14-26(20)2)8-15-9-24-19-7-5-4-6-16(15)19/h4-7,9-10,14,17-18,21,24-25,28H,3,8,11-13H2,1-2H3/t17-,18+,21+,22+/m0/s1. The maximum absolute atomic E-state index is 10.7. The Morgan fingerprint density at radius 2 is 2.14 bits per heavy atom. The molecule has 3 aromatic rings. The van der Waals surface area contributed by atoms with Gasteiger partial charge in [0.25, 0.3) is 0 Å². The fourth-order valence-corrected chi connectivity index (χ4v) is 5.60. The molecule has 3 N–H and O–H groups in total. The van der Waals surface area contributed by atoms with Crippen molar-refractivity contribution in [3.05, 3.63) is 54.2 Å². The average molecular weight is 380 g/mol. The van der Waals surface area contributed by atoms with Crippen molar-refractivity contribution in [3.8, 4) is 0 Å². The number of likely N-dealkylation sites (tertiary alicyclic amines) is 1. The van der Waals surface area contributed by atoms with E-state index in [0.29, 0.717) is 11.8 Å². The number of aryl methyl sites for hydroxylation is 1. The minimum Gasteiger partial charge on any atom is -0.394 e. The summed E-state index contributed by atoms with van der Waals surface area (Å²) in [6.45, 7) is 5.53. The molecule has 5 rings (SSSR count). The summed E-state index contributed by atoms with van der Waals surface area (Å²) in [5.74, 6) is 0.888. The molecule has 2 aliphatic heterocycles. The van der Waals surface area contributed by atoms with Gasteiger partial charge in [-0.05, 0) is 36.4 Å². The Bertz CT molecular complexity index is 978. The molecular weight excluding hydrogens is 350 g/mol. The summed E-state index contributed by atoms with van der Waals surface area (Å²) in [6.07, 6.45) is 6.78. The molecule has 2 saturated heterocycles. The zero-order valence-electron chi connectivity index (χ0n) is 16.6. The fourth-order valence-electron chi connectivity index (χ4n) is 5.60. The number of aliphatic hydroxyl groups is 1. The van der Waals surface area contributed by atoms with Gasteiger partial charge in [0, 0.05) is 43.4 Å². The normalized spacial score (nSPS) is 30.3. The van der Waals surface area contributed by atoms with E-state index in [1.807, 2.05) is 12.5 Å². The lowest BCUT2D eigenvalue weighted by atomic mass is 9.77. The molecule has 0 bridgehead atoms. The van der Waals surface area contributed by atoms with Crippen LogP contribution < -0.4 is 5.32 Å². The van der Waals surface area contributed by atoms with Crippen molar-refractivity contribution in [2.75, 3.05) is 26.2 Å². The number of aromatic amines is 1. The predicted octanol–water partition coefficient (Wildman–Crippen LogP) is 2.09. The zero-order valence-corrected chi connectivity index (χ0v) is 16.6. The molecule has 6 nitrogen and oxygen atoms in total. The van der Waals surface area contributed by atoms with Gasteiger partial charge >= 0.3 is 0 Å². The third-order valence-corrected chi connectivity index (χ3v) is 7.10. The third-order valence-electron chi connectivity index (χ3n) is 7.10. The molecule has 4 atom stereocenters. The highest BCUT2D eigenvalue weighted by molar-refractivity contribution is 5.83. The van der Waals surface area contributed by atoms with Gasteiger partial charge in [0.2, 0.25) is 0 Å². The molecule has 0 unspecified atom stereocenters.